The number of amides is 1. The van der Waals surface area contributed by atoms with Crippen LogP contribution in [0.2, 0.25) is 0 Å². The van der Waals surface area contributed by atoms with E-state index >= 15 is 0 Å². The van der Waals surface area contributed by atoms with Crippen molar-refractivity contribution >= 4 is 44.5 Å². The van der Waals surface area contributed by atoms with Gasteiger partial charge in [-0.25, -0.2) is 0 Å². The third kappa shape index (κ3) is 4.94. The maximum absolute atomic E-state index is 11.4. The van der Waals surface area contributed by atoms with Gasteiger partial charge in [-0.2, -0.15) is 0 Å². The largest absolute Gasteiger partial charge is 0.508 e. The molecule has 3 rings (SSSR count). The van der Waals surface area contributed by atoms with Crippen LogP contribution in [0, 0.1) is 5.92 Å². The number of rotatable bonds is 8. The van der Waals surface area contributed by atoms with Crippen molar-refractivity contribution < 1.29 is 9.90 Å². The van der Waals surface area contributed by atoms with Crippen molar-refractivity contribution in [2.45, 2.75) is 44.2 Å². The molecule has 2 heterocycles. The van der Waals surface area contributed by atoms with Gasteiger partial charge in [-0.05, 0) is 68.6 Å². The number of benzene rings is 1. The van der Waals surface area contributed by atoms with Gasteiger partial charge < -0.3 is 15.0 Å². The molecule has 1 aromatic heterocycles. The summed E-state index contributed by atoms with van der Waals surface area (Å²) in [6.45, 7) is 5.81. The average Bonchev–Trinajstić information content (AvgIpc) is 3.02. The number of likely N-dealkylation sites (tertiary alicyclic amines) is 1. The Morgan fingerprint density at radius 2 is 2.03 bits per heavy atom. The Morgan fingerprint density at radius 1 is 1.31 bits per heavy atom. The number of halogens is 1. The second kappa shape index (κ2) is 10.2. The third-order valence-corrected chi connectivity index (χ3v) is 7.53. The predicted octanol–water partition coefficient (Wildman–Crippen LogP) is 4.28. The zero-order chi connectivity index (χ0) is 21.0. The van der Waals surface area contributed by atoms with Crippen LogP contribution in [0.5, 0.6) is 5.75 Å². The summed E-state index contributed by atoms with van der Waals surface area (Å²) in [4.78, 5) is 13.8. The molecule has 0 atom stereocenters. The number of aromatic nitrogens is 1. The van der Waals surface area contributed by atoms with Crippen molar-refractivity contribution in [1.29, 1.82) is 0 Å². The Morgan fingerprint density at radius 3 is 2.66 bits per heavy atom. The van der Waals surface area contributed by atoms with E-state index in [2.05, 4.69) is 57.0 Å². The minimum absolute atomic E-state index is 0.0598. The van der Waals surface area contributed by atoms with Gasteiger partial charge >= 0.3 is 0 Å². The molecule has 2 aromatic rings. The van der Waals surface area contributed by atoms with Crippen LogP contribution >= 0.6 is 27.7 Å². The van der Waals surface area contributed by atoms with Crippen molar-refractivity contribution in [3.63, 3.8) is 0 Å². The second-order valence-electron chi connectivity index (χ2n) is 7.85. The summed E-state index contributed by atoms with van der Waals surface area (Å²) in [6.07, 6.45) is 6.45. The molecule has 1 fully saturated rings. The lowest BCUT2D eigenvalue weighted by atomic mass is 9.93. The summed E-state index contributed by atoms with van der Waals surface area (Å²) >= 11 is 4.96. The van der Waals surface area contributed by atoms with Gasteiger partial charge in [0.2, 0.25) is 5.91 Å². The van der Waals surface area contributed by atoms with Gasteiger partial charge in [0.1, 0.15) is 5.75 Å². The van der Waals surface area contributed by atoms with E-state index in [1.54, 1.807) is 11.8 Å². The zero-order valence-electron chi connectivity index (χ0n) is 17.6. The Kier molecular flexibility index (Phi) is 7.93. The number of carbonyl (C=O) groups is 1. The summed E-state index contributed by atoms with van der Waals surface area (Å²) in [7, 11) is 2.11. The molecule has 2 N–H and O–H groups in total. The number of nitrogens with one attached hydrogen (secondary N) is 1. The quantitative estimate of drug-likeness (QED) is 0.436. The number of alkyl halides is 1. The first-order valence-electron chi connectivity index (χ1n) is 10.4. The van der Waals surface area contributed by atoms with Gasteiger partial charge in [-0.15, -0.1) is 11.8 Å². The van der Waals surface area contributed by atoms with Gasteiger partial charge in [-0.1, -0.05) is 22.9 Å². The fraction of sp³-hybridized carbons (Fsp3) is 0.591. The zero-order valence-corrected chi connectivity index (χ0v) is 20.0. The van der Waals surface area contributed by atoms with E-state index in [0.717, 1.165) is 57.4 Å². The van der Waals surface area contributed by atoms with Crippen LogP contribution in [0.3, 0.4) is 0 Å². The van der Waals surface area contributed by atoms with Crippen LogP contribution in [-0.2, 0) is 24.8 Å². The molecule has 7 heteroatoms. The highest BCUT2D eigenvalue weighted by atomic mass is 79.9. The number of fused-ring (bicyclic) bond motifs is 1. The summed E-state index contributed by atoms with van der Waals surface area (Å²) in [5.74, 6) is 1.12. The first-order chi connectivity index (χ1) is 14.0. The maximum atomic E-state index is 11.4. The molecule has 160 valence electrons. The van der Waals surface area contributed by atoms with E-state index in [1.807, 2.05) is 6.07 Å². The summed E-state index contributed by atoms with van der Waals surface area (Å²) in [6, 6.07) is 3.93. The Hall–Kier alpha value is -1.18. The van der Waals surface area contributed by atoms with E-state index in [9.17, 15) is 9.90 Å². The van der Waals surface area contributed by atoms with Crippen molar-refractivity contribution in [1.82, 2.24) is 14.8 Å². The summed E-state index contributed by atoms with van der Waals surface area (Å²) in [5.41, 5.74) is 3.59. The maximum Gasteiger partial charge on any atom is 0.230 e. The van der Waals surface area contributed by atoms with Gasteiger partial charge in [0.15, 0.2) is 0 Å². The Bertz CT molecular complexity index is 860. The first-order valence-corrected chi connectivity index (χ1v) is 12.8. The fourth-order valence-electron chi connectivity index (χ4n) is 4.55. The molecule has 1 aliphatic rings. The first kappa shape index (κ1) is 22.5. The standard InChI is InChI=1S/C22H32BrN3O2S/c1-4-16-17-5-6-19(27)18(21(17)25(2)22(16)29-3)14-26-11-8-15(9-12-26)7-10-24-20(28)13-23/h5-6,15,27H,4,7-14H2,1-3H3,(H,24,28). The molecule has 1 aliphatic heterocycles. The van der Waals surface area contributed by atoms with Gasteiger partial charge in [-0.3, -0.25) is 9.69 Å². The van der Waals surface area contributed by atoms with E-state index in [1.165, 1.54) is 21.5 Å². The van der Waals surface area contributed by atoms with Crippen LogP contribution in [0.4, 0.5) is 0 Å². The average molecular weight is 482 g/mol. The topological polar surface area (TPSA) is 57.5 Å². The van der Waals surface area contributed by atoms with Crippen LogP contribution in [0.25, 0.3) is 10.9 Å². The Balaban J connectivity index is 1.69. The van der Waals surface area contributed by atoms with Crippen LogP contribution < -0.4 is 5.32 Å². The number of nitrogens with zero attached hydrogens (tertiary/aromatic N) is 2. The number of thioether (sulfide) groups is 1. The second-order valence-corrected chi connectivity index (χ2v) is 9.21. The molecule has 1 amide bonds. The number of hydrogen-bond donors (Lipinski definition) is 2. The van der Waals surface area contributed by atoms with E-state index < -0.39 is 0 Å². The highest BCUT2D eigenvalue weighted by molar-refractivity contribution is 9.09. The van der Waals surface area contributed by atoms with E-state index in [0.29, 0.717) is 17.0 Å². The van der Waals surface area contributed by atoms with Gasteiger partial charge in [0.05, 0.1) is 15.9 Å². The molecular weight excluding hydrogens is 450 g/mol. The van der Waals surface area contributed by atoms with Gasteiger partial charge in [0, 0.05) is 31.1 Å². The molecule has 0 unspecified atom stereocenters. The molecule has 0 radical (unpaired) electrons. The SMILES string of the molecule is CCc1c(SC)n(C)c2c(CN3CCC(CCNC(=O)CBr)CC3)c(O)ccc12. The molecule has 1 aromatic carbocycles. The predicted molar refractivity (Wildman–Crippen MR) is 125 cm³/mol. The summed E-state index contributed by atoms with van der Waals surface area (Å²) in [5, 5.41) is 16.5. The number of aromatic hydroxyl groups is 1. The molecule has 0 spiro atoms. The number of phenolic OH excluding ortho intramolecular Hbond substituents is 1. The number of phenols is 1. The van der Waals surface area contributed by atoms with E-state index in [4.69, 9.17) is 0 Å². The smallest absolute Gasteiger partial charge is 0.230 e. The lowest BCUT2D eigenvalue weighted by Crippen LogP contribution is -2.35. The Labute approximate surface area is 186 Å². The van der Waals surface area contributed by atoms with Crippen LogP contribution in [-0.4, -0.2) is 51.7 Å². The molecule has 5 nitrogen and oxygen atoms in total. The lowest BCUT2D eigenvalue weighted by molar-refractivity contribution is -0.118. The summed E-state index contributed by atoms with van der Waals surface area (Å²) < 4.78 is 2.26. The van der Waals surface area contributed by atoms with Crippen molar-refractivity contribution in [3.05, 3.63) is 23.3 Å². The monoisotopic (exact) mass is 481 g/mol. The number of piperidine rings is 1. The van der Waals surface area contributed by atoms with Crippen LogP contribution in [0.15, 0.2) is 17.2 Å². The molecule has 1 saturated heterocycles. The highest BCUT2D eigenvalue weighted by Gasteiger charge is 2.23. The van der Waals surface area contributed by atoms with Crippen molar-refractivity contribution in [2.24, 2.45) is 13.0 Å². The minimum Gasteiger partial charge on any atom is -0.508 e. The van der Waals surface area contributed by atoms with Crippen molar-refractivity contribution in [3.8, 4) is 5.75 Å². The lowest BCUT2D eigenvalue weighted by Gasteiger charge is -2.32. The normalized spacial score (nSPS) is 15.9. The molecular formula is C22H32BrN3O2S. The number of aryl methyl sites for hydroxylation is 2. The van der Waals surface area contributed by atoms with E-state index in [-0.39, 0.29) is 5.91 Å². The number of hydrogen-bond acceptors (Lipinski definition) is 4. The third-order valence-electron chi connectivity index (χ3n) is 6.11. The molecule has 0 aliphatic carbocycles. The minimum atomic E-state index is 0.0598. The van der Waals surface area contributed by atoms with Gasteiger partial charge in [0.25, 0.3) is 0 Å². The van der Waals surface area contributed by atoms with Crippen LogP contribution in [0.1, 0.15) is 37.3 Å². The fourth-order valence-corrected chi connectivity index (χ4v) is 5.61. The molecule has 0 bridgehead atoms. The van der Waals surface area contributed by atoms with Crippen molar-refractivity contribution in [2.75, 3.05) is 31.2 Å². The molecule has 0 saturated carbocycles. The molecule has 29 heavy (non-hydrogen) atoms. The number of carbonyl (C=O) groups excluding carboxylic acids is 1. The highest BCUT2D eigenvalue weighted by Crippen LogP contribution is 2.37.